The number of hydrogen-bond donors (Lipinski definition) is 1. The average molecular weight is 297 g/mol. The smallest absolute Gasteiger partial charge is 0.247 e. The highest BCUT2D eigenvalue weighted by atomic mass is 19.1. The van der Waals surface area contributed by atoms with Gasteiger partial charge in [0.2, 0.25) is 0 Å². The molecule has 0 radical (unpaired) electrons. The number of nitrogens with one attached hydrogen (secondary N) is 1. The summed E-state index contributed by atoms with van der Waals surface area (Å²) in [5, 5.41) is 6.53. The number of hydrogen-bond acceptors (Lipinski definition) is 2. The Kier molecular flexibility index (Phi) is 3.87. The van der Waals surface area contributed by atoms with Gasteiger partial charge in [0.1, 0.15) is 11.6 Å². The first-order chi connectivity index (χ1) is 10.6. The van der Waals surface area contributed by atoms with Gasteiger partial charge in [-0.15, -0.1) is 0 Å². The molecule has 1 aromatic heterocycles. The van der Waals surface area contributed by atoms with Crippen molar-refractivity contribution in [2.24, 2.45) is 0 Å². The Morgan fingerprint density at radius 2 is 1.91 bits per heavy atom. The number of rotatable bonds is 4. The summed E-state index contributed by atoms with van der Waals surface area (Å²) in [4.78, 5) is 12.0. The van der Waals surface area contributed by atoms with Crippen LogP contribution in [0.1, 0.15) is 17.0 Å². The van der Waals surface area contributed by atoms with Gasteiger partial charge in [0, 0.05) is 6.42 Å². The van der Waals surface area contributed by atoms with Crippen molar-refractivity contribution < 1.29 is 4.39 Å². The minimum absolute atomic E-state index is 0.350. The third-order valence-electron chi connectivity index (χ3n) is 3.63. The maximum absolute atomic E-state index is 13.5. The van der Waals surface area contributed by atoms with E-state index in [1.807, 2.05) is 37.3 Å². The number of aryl methyl sites for hydroxylation is 3. The van der Waals surface area contributed by atoms with Crippen LogP contribution in [0.3, 0.4) is 0 Å². The molecule has 0 unspecified atom stereocenters. The van der Waals surface area contributed by atoms with E-state index in [4.69, 9.17) is 0 Å². The molecule has 22 heavy (non-hydrogen) atoms. The Labute approximate surface area is 127 Å². The molecule has 112 valence electrons. The van der Waals surface area contributed by atoms with Crippen molar-refractivity contribution in [1.29, 1.82) is 0 Å². The Hall–Kier alpha value is -2.69. The summed E-state index contributed by atoms with van der Waals surface area (Å²) < 4.78 is 15.0. The molecule has 2 aromatic carbocycles. The van der Waals surface area contributed by atoms with E-state index >= 15 is 0 Å². The standard InChI is InChI=1S/C17H16FN3O/c1-12-7-9-14(18)11-15(12)21-16(19-20-17(21)22)10-8-13-5-3-2-4-6-13/h2-7,9,11H,8,10H2,1H3,(H,20,22). The zero-order valence-electron chi connectivity index (χ0n) is 12.2. The van der Waals surface area contributed by atoms with Gasteiger partial charge in [-0.1, -0.05) is 36.4 Å². The molecule has 5 heteroatoms. The van der Waals surface area contributed by atoms with Gasteiger partial charge in [0.25, 0.3) is 0 Å². The molecule has 0 aliphatic heterocycles. The lowest BCUT2D eigenvalue weighted by molar-refractivity contribution is 0.625. The molecule has 0 amide bonds. The minimum Gasteiger partial charge on any atom is -0.247 e. The first-order valence-corrected chi connectivity index (χ1v) is 7.12. The van der Waals surface area contributed by atoms with Crippen LogP contribution in [0, 0.1) is 12.7 Å². The summed E-state index contributed by atoms with van der Waals surface area (Å²) in [7, 11) is 0. The Morgan fingerprint density at radius 3 is 2.68 bits per heavy atom. The molecular formula is C17H16FN3O. The third kappa shape index (κ3) is 2.83. The number of aromatic amines is 1. The van der Waals surface area contributed by atoms with Crippen LogP contribution in [0.5, 0.6) is 0 Å². The Balaban J connectivity index is 1.94. The molecule has 4 nitrogen and oxygen atoms in total. The summed E-state index contributed by atoms with van der Waals surface area (Å²) in [6, 6.07) is 14.4. The lowest BCUT2D eigenvalue weighted by atomic mass is 10.1. The van der Waals surface area contributed by atoms with Gasteiger partial charge in [-0.25, -0.2) is 18.9 Å². The molecule has 0 saturated heterocycles. The summed E-state index contributed by atoms with van der Waals surface area (Å²) in [5.74, 6) is 0.227. The van der Waals surface area contributed by atoms with Crippen LogP contribution in [0.15, 0.2) is 53.3 Å². The van der Waals surface area contributed by atoms with E-state index in [1.165, 1.54) is 22.3 Å². The van der Waals surface area contributed by atoms with Crippen molar-refractivity contribution in [2.75, 3.05) is 0 Å². The first-order valence-electron chi connectivity index (χ1n) is 7.12. The number of H-pyrrole nitrogens is 1. The van der Waals surface area contributed by atoms with Crippen LogP contribution in [0.25, 0.3) is 5.69 Å². The molecule has 0 aliphatic rings. The van der Waals surface area contributed by atoms with E-state index in [0.29, 0.717) is 17.9 Å². The maximum Gasteiger partial charge on any atom is 0.347 e. The Morgan fingerprint density at radius 1 is 1.14 bits per heavy atom. The number of aromatic nitrogens is 3. The molecule has 3 rings (SSSR count). The van der Waals surface area contributed by atoms with Crippen molar-refractivity contribution in [2.45, 2.75) is 19.8 Å². The number of halogens is 1. The molecule has 0 atom stereocenters. The fraction of sp³-hybridized carbons (Fsp3) is 0.176. The number of nitrogens with zero attached hydrogens (tertiary/aromatic N) is 2. The van der Waals surface area contributed by atoms with Gasteiger partial charge in [0.05, 0.1) is 5.69 Å². The van der Waals surface area contributed by atoms with Crippen molar-refractivity contribution in [3.05, 3.63) is 81.8 Å². The summed E-state index contributed by atoms with van der Waals surface area (Å²) in [6.45, 7) is 1.84. The van der Waals surface area contributed by atoms with Gasteiger partial charge in [-0.05, 0) is 36.6 Å². The maximum atomic E-state index is 13.5. The first kappa shape index (κ1) is 14.3. The van der Waals surface area contributed by atoms with Gasteiger partial charge in [-0.2, -0.15) is 5.10 Å². The van der Waals surface area contributed by atoms with Crippen molar-refractivity contribution in [1.82, 2.24) is 14.8 Å². The monoisotopic (exact) mass is 297 g/mol. The van der Waals surface area contributed by atoms with Gasteiger partial charge in [0.15, 0.2) is 0 Å². The predicted molar refractivity (Wildman–Crippen MR) is 82.7 cm³/mol. The molecule has 0 saturated carbocycles. The molecule has 0 aliphatic carbocycles. The van der Waals surface area contributed by atoms with E-state index in [-0.39, 0.29) is 11.5 Å². The SMILES string of the molecule is Cc1ccc(F)cc1-n1c(CCc2ccccc2)n[nH]c1=O. The second kappa shape index (κ2) is 5.97. The van der Waals surface area contributed by atoms with Crippen molar-refractivity contribution in [3.63, 3.8) is 0 Å². The molecule has 1 N–H and O–H groups in total. The predicted octanol–water partition coefficient (Wildman–Crippen LogP) is 2.79. The van der Waals surface area contributed by atoms with Gasteiger partial charge in [-0.3, -0.25) is 0 Å². The second-order valence-electron chi connectivity index (χ2n) is 5.20. The van der Waals surface area contributed by atoms with E-state index in [1.54, 1.807) is 6.07 Å². The topological polar surface area (TPSA) is 50.7 Å². The van der Waals surface area contributed by atoms with E-state index < -0.39 is 0 Å². The highest BCUT2D eigenvalue weighted by Gasteiger charge is 2.13. The van der Waals surface area contributed by atoms with Crippen molar-refractivity contribution >= 4 is 0 Å². The van der Waals surface area contributed by atoms with Crippen LogP contribution >= 0.6 is 0 Å². The fourth-order valence-electron chi connectivity index (χ4n) is 2.47. The molecule has 0 spiro atoms. The lowest BCUT2D eigenvalue weighted by Crippen LogP contribution is -2.18. The molecule has 0 fully saturated rings. The second-order valence-corrected chi connectivity index (χ2v) is 5.20. The summed E-state index contributed by atoms with van der Waals surface area (Å²) in [5.41, 5.74) is 2.17. The third-order valence-corrected chi connectivity index (χ3v) is 3.63. The molecule has 3 aromatic rings. The molecular weight excluding hydrogens is 281 g/mol. The lowest BCUT2D eigenvalue weighted by Gasteiger charge is -2.09. The van der Waals surface area contributed by atoms with Crippen LogP contribution in [0.4, 0.5) is 4.39 Å². The molecule has 1 heterocycles. The fourth-order valence-corrected chi connectivity index (χ4v) is 2.47. The van der Waals surface area contributed by atoms with Crippen LogP contribution in [0.2, 0.25) is 0 Å². The zero-order chi connectivity index (χ0) is 15.5. The molecule has 0 bridgehead atoms. The normalized spacial score (nSPS) is 10.8. The van der Waals surface area contributed by atoms with E-state index in [0.717, 1.165) is 12.0 Å². The minimum atomic E-state index is -0.372. The Bertz CT molecular complexity index is 837. The largest absolute Gasteiger partial charge is 0.347 e. The highest BCUT2D eigenvalue weighted by Crippen LogP contribution is 2.16. The number of benzene rings is 2. The average Bonchev–Trinajstić information content (AvgIpc) is 2.89. The van der Waals surface area contributed by atoms with Crippen LogP contribution in [-0.4, -0.2) is 14.8 Å². The van der Waals surface area contributed by atoms with Gasteiger partial charge >= 0.3 is 5.69 Å². The van der Waals surface area contributed by atoms with Crippen LogP contribution in [-0.2, 0) is 12.8 Å². The van der Waals surface area contributed by atoms with Crippen LogP contribution < -0.4 is 5.69 Å². The highest BCUT2D eigenvalue weighted by molar-refractivity contribution is 5.41. The van der Waals surface area contributed by atoms with E-state index in [2.05, 4.69) is 10.2 Å². The zero-order valence-corrected chi connectivity index (χ0v) is 12.2. The van der Waals surface area contributed by atoms with Crippen molar-refractivity contribution in [3.8, 4) is 5.69 Å². The summed E-state index contributed by atoms with van der Waals surface area (Å²) >= 11 is 0. The summed E-state index contributed by atoms with van der Waals surface area (Å²) in [6.07, 6.45) is 1.36. The quantitative estimate of drug-likeness (QED) is 0.805. The van der Waals surface area contributed by atoms with E-state index in [9.17, 15) is 9.18 Å². The van der Waals surface area contributed by atoms with Gasteiger partial charge < -0.3 is 0 Å².